The Hall–Kier alpha value is -0.0600. The lowest BCUT2D eigenvalue weighted by molar-refractivity contribution is 0.607. The molecular weight excluding hydrogens is 308 g/mol. The summed E-state index contributed by atoms with van der Waals surface area (Å²) in [5.41, 5.74) is 1.17. The Morgan fingerprint density at radius 1 is 1.44 bits per heavy atom. The molecule has 0 bridgehead atoms. The van der Waals surface area contributed by atoms with Crippen LogP contribution in [0.25, 0.3) is 0 Å². The Balaban J connectivity index is 1.79. The summed E-state index contributed by atoms with van der Waals surface area (Å²) in [7, 11) is 2.05. The standard InChI is InChI=1S/C14H21BrN2S/c1-16-13(10-18-14-4-2-3-5-14)8-12-7-6-11(15)9-17-12/h6-7,9,13-14,16H,2-5,8,10H2,1H3. The maximum absolute atomic E-state index is 4.45. The third-order valence-corrected chi connectivity index (χ3v) is 5.49. The lowest BCUT2D eigenvalue weighted by Gasteiger charge is -2.17. The number of nitrogens with one attached hydrogen (secondary N) is 1. The van der Waals surface area contributed by atoms with E-state index in [2.05, 4.69) is 57.2 Å². The van der Waals surface area contributed by atoms with Crippen molar-refractivity contribution in [3.63, 3.8) is 0 Å². The van der Waals surface area contributed by atoms with Gasteiger partial charge in [-0.15, -0.1) is 0 Å². The highest BCUT2D eigenvalue weighted by Gasteiger charge is 2.17. The molecule has 100 valence electrons. The Labute approximate surface area is 122 Å². The van der Waals surface area contributed by atoms with Gasteiger partial charge >= 0.3 is 0 Å². The maximum atomic E-state index is 4.45. The van der Waals surface area contributed by atoms with Crippen molar-refractivity contribution in [1.29, 1.82) is 0 Å². The van der Waals surface area contributed by atoms with E-state index in [9.17, 15) is 0 Å². The van der Waals surface area contributed by atoms with Crippen molar-refractivity contribution in [2.24, 2.45) is 0 Å². The van der Waals surface area contributed by atoms with Crippen molar-refractivity contribution in [1.82, 2.24) is 10.3 Å². The van der Waals surface area contributed by atoms with Crippen molar-refractivity contribution in [2.75, 3.05) is 12.8 Å². The molecule has 0 radical (unpaired) electrons. The summed E-state index contributed by atoms with van der Waals surface area (Å²) in [6.07, 6.45) is 8.58. The smallest absolute Gasteiger partial charge is 0.0420 e. The van der Waals surface area contributed by atoms with Gasteiger partial charge in [0.1, 0.15) is 0 Å². The summed E-state index contributed by atoms with van der Waals surface area (Å²) < 4.78 is 1.05. The van der Waals surface area contributed by atoms with Gasteiger partial charge in [-0.1, -0.05) is 12.8 Å². The Bertz CT molecular complexity index is 349. The van der Waals surface area contributed by atoms with Gasteiger partial charge in [-0.05, 0) is 48.0 Å². The molecule has 1 saturated carbocycles. The molecule has 1 aliphatic rings. The number of hydrogen-bond acceptors (Lipinski definition) is 3. The summed E-state index contributed by atoms with van der Waals surface area (Å²) in [4.78, 5) is 4.45. The predicted molar refractivity (Wildman–Crippen MR) is 83.2 cm³/mol. The van der Waals surface area contributed by atoms with E-state index in [0.29, 0.717) is 6.04 Å². The third-order valence-electron chi connectivity index (χ3n) is 3.49. The number of hydrogen-bond donors (Lipinski definition) is 1. The second-order valence-electron chi connectivity index (χ2n) is 4.90. The average molecular weight is 329 g/mol. The van der Waals surface area contributed by atoms with Crippen molar-refractivity contribution < 1.29 is 0 Å². The van der Waals surface area contributed by atoms with Gasteiger partial charge in [-0.3, -0.25) is 4.98 Å². The normalized spacial score (nSPS) is 18.1. The first-order valence-electron chi connectivity index (χ1n) is 6.67. The second-order valence-corrected chi connectivity index (χ2v) is 7.15. The highest BCUT2D eigenvalue weighted by atomic mass is 79.9. The van der Waals surface area contributed by atoms with E-state index in [1.165, 1.54) is 37.1 Å². The molecule has 1 aliphatic carbocycles. The molecule has 2 rings (SSSR count). The van der Waals surface area contributed by atoms with Crippen LogP contribution in [0.15, 0.2) is 22.8 Å². The first-order valence-corrected chi connectivity index (χ1v) is 8.51. The summed E-state index contributed by atoms with van der Waals surface area (Å²) >= 11 is 5.56. The molecule has 0 amide bonds. The highest BCUT2D eigenvalue weighted by Crippen LogP contribution is 2.29. The first kappa shape index (κ1) is 14.4. The first-order chi connectivity index (χ1) is 8.78. The van der Waals surface area contributed by atoms with Gasteiger partial charge in [0, 0.05) is 39.8 Å². The second kappa shape index (κ2) is 7.51. The van der Waals surface area contributed by atoms with Crippen LogP contribution in [0, 0.1) is 0 Å². The number of thioether (sulfide) groups is 1. The lowest BCUT2D eigenvalue weighted by Crippen LogP contribution is -2.31. The molecule has 0 saturated heterocycles. The molecule has 18 heavy (non-hydrogen) atoms. The van der Waals surface area contributed by atoms with Gasteiger partial charge in [0.15, 0.2) is 0 Å². The molecule has 1 fully saturated rings. The van der Waals surface area contributed by atoms with Gasteiger partial charge in [0.05, 0.1) is 0 Å². The van der Waals surface area contributed by atoms with Gasteiger partial charge in [0.25, 0.3) is 0 Å². The van der Waals surface area contributed by atoms with Crippen molar-refractivity contribution in [3.05, 3.63) is 28.5 Å². The summed E-state index contributed by atoms with van der Waals surface area (Å²) in [5.74, 6) is 1.19. The quantitative estimate of drug-likeness (QED) is 0.862. The minimum absolute atomic E-state index is 0.532. The molecule has 1 N–H and O–H groups in total. The van der Waals surface area contributed by atoms with Gasteiger partial charge in [0.2, 0.25) is 0 Å². The molecule has 0 aromatic carbocycles. The zero-order chi connectivity index (χ0) is 12.8. The molecule has 1 aromatic heterocycles. The van der Waals surface area contributed by atoms with Crippen LogP contribution < -0.4 is 5.32 Å². The van der Waals surface area contributed by atoms with E-state index in [-0.39, 0.29) is 0 Å². The highest BCUT2D eigenvalue weighted by molar-refractivity contribution is 9.10. The van der Waals surface area contributed by atoms with Crippen LogP contribution >= 0.6 is 27.7 Å². The average Bonchev–Trinajstić information content (AvgIpc) is 2.90. The van der Waals surface area contributed by atoms with E-state index in [1.807, 2.05) is 6.20 Å². The minimum Gasteiger partial charge on any atom is -0.316 e. The molecule has 0 spiro atoms. The van der Waals surface area contributed by atoms with Crippen molar-refractivity contribution >= 4 is 27.7 Å². The van der Waals surface area contributed by atoms with Crippen LogP contribution in [-0.2, 0) is 6.42 Å². The summed E-state index contributed by atoms with van der Waals surface area (Å²) in [6.45, 7) is 0. The van der Waals surface area contributed by atoms with Crippen LogP contribution in [0.3, 0.4) is 0 Å². The van der Waals surface area contributed by atoms with Gasteiger partial charge in [-0.2, -0.15) is 11.8 Å². The fourth-order valence-corrected chi connectivity index (χ4v) is 4.02. The van der Waals surface area contributed by atoms with Crippen molar-refractivity contribution in [2.45, 2.75) is 43.4 Å². The van der Waals surface area contributed by atoms with E-state index in [1.54, 1.807) is 0 Å². The monoisotopic (exact) mass is 328 g/mol. The lowest BCUT2D eigenvalue weighted by atomic mass is 10.2. The number of nitrogens with zero attached hydrogens (tertiary/aromatic N) is 1. The molecular formula is C14H21BrN2S. The molecule has 1 heterocycles. The number of aromatic nitrogens is 1. The van der Waals surface area contributed by atoms with Gasteiger partial charge < -0.3 is 5.32 Å². The van der Waals surface area contributed by atoms with E-state index < -0.39 is 0 Å². The number of likely N-dealkylation sites (N-methyl/N-ethyl adjacent to an activating group) is 1. The molecule has 1 atom stereocenters. The molecule has 1 aromatic rings. The number of halogens is 1. The van der Waals surface area contributed by atoms with E-state index in [4.69, 9.17) is 0 Å². The predicted octanol–water partition coefficient (Wildman–Crippen LogP) is 3.65. The van der Waals surface area contributed by atoms with Crippen LogP contribution in [0.2, 0.25) is 0 Å². The fraction of sp³-hybridized carbons (Fsp3) is 0.643. The molecule has 0 aliphatic heterocycles. The Morgan fingerprint density at radius 3 is 2.83 bits per heavy atom. The maximum Gasteiger partial charge on any atom is 0.0420 e. The molecule has 2 nitrogen and oxygen atoms in total. The Morgan fingerprint density at radius 2 is 2.22 bits per heavy atom. The fourth-order valence-electron chi connectivity index (χ4n) is 2.33. The van der Waals surface area contributed by atoms with Crippen LogP contribution in [0.5, 0.6) is 0 Å². The number of rotatable bonds is 6. The topological polar surface area (TPSA) is 24.9 Å². The minimum atomic E-state index is 0.532. The largest absolute Gasteiger partial charge is 0.316 e. The number of pyridine rings is 1. The third kappa shape index (κ3) is 4.56. The van der Waals surface area contributed by atoms with Crippen molar-refractivity contribution in [3.8, 4) is 0 Å². The van der Waals surface area contributed by atoms with Crippen LogP contribution in [0.4, 0.5) is 0 Å². The molecule has 1 unspecified atom stereocenters. The summed E-state index contributed by atoms with van der Waals surface area (Å²) in [6, 6.07) is 4.71. The SMILES string of the molecule is CNC(CSC1CCCC1)Cc1ccc(Br)cn1. The zero-order valence-electron chi connectivity index (χ0n) is 10.9. The summed E-state index contributed by atoms with van der Waals surface area (Å²) in [5, 5.41) is 4.32. The van der Waals surface area contributed by atoms with Crippen LogP contribution in [-0.4, -0.2) is 29.1 Å². The van der Waals surface area contributed by atoms with Gasteiger partial charge in [-0.25, -0.2) is 0 Å². The zero-order valence-corrected chi connectivity index (χ0v) is 13.3. The van der Waals surface area contributed by atoms with E-state index in [0.717, 1.165) is 16.1 Å². The Kier molecular flexibility index (Phi) is 5.99. The molecule has 4 heteroatoms. The van der Waals surface area contributed by atoms with Crippen LogP contribution in [0.1, 0.15) is 31.4 Å². The van der Waals surface area contributed by atoms with E-state index >= 15 is 0 Å².